The van der Waals surface area contributed by atoms with Crippen LogP contribution in [0.15, 0.2) is 42.9 Å². The van der Waals surface area contributed by atoms with Crippen LogP contribution in [0, 0.1) is 0 Å². The van der Waals surface area contributed by atoms with Gasteiger partial charge in [-0.3, -0.25) is 5.10 Å². The second-order valence-electron chi connectivity index (χ2n) is 3.72. The summed E-state index contributed by atoms with van der Waals surface area (Å²) in [7, 11) is 0. The second-order valence-corrected chi connectivity index (χ2v) is 3.72. The van der Waals surface area contributed by atoms with E-state index in [9.17, 15) is 5.11 Å². The molecule has 1 aromatic carbocycles. The predicted molar refractivity (Wildman–Crippen MR) is 64.5 cm³/mol. The number of aromatic nitrogens is 5. The molecule has 0 unspecified atom stereocenters. The Morgan fingerprint density at radius 2 is 2.06 bits per heavy atom. The van der Waals surface area contributed by atoms with E-state index in [0.717, 1.165) is 11.1 Å². The van der Waals surface area contributed by atoms with Crippen LogP contribution < -0.4 is 0 Å². The number of aromatic hydroxyl groups is 1. The van der Waals surface area contributed by atoms with Crippen LogP contribution in [0.2, 0.25) is 0 Å². The number of hydrogen-bond acceptors (Lipinski definition) is 5. The maximum absolute atomic E-state index is 10.0. The first-order valence-corrected chi connectivity index (χ1v) is 5.31. The number of benzene rings is 1. The summed E-state index contributed by atoms with van der Waals surface area (Å²) >= 11 is 0. The Bertz CT molecular complexity index is 651. The molecular weight excluding hydrogens is 230 g/mol. The average Bonchev–Trinajstić information content (AvgIpc) is 2.93. The van der Waals surface area contributed by atoms with Crippen molar-refractivity contribution in [1.29, 1.82) is 0 Å². The Balaban J connectivity index is 2.05. The Kier molecular flexibility index (Phi) is 2.45. The molecule has 3 aromatic rings. The molecule has 6 heteroatoms. The van der Waals surface area contributed by atoms with E-state index in [1.165, 1.54) is 6.20 Å². The predicted octanol–water partition coefficient (Wildman–Crippen LogP) is 1.63. The number of rotatable bonds is 2. The molecule has 88 valence electrons. The van der Waals surface area contributed by atoms with Gasteiger partial charge in [0, 0.05) is 17.3 Å². The SMILES string of the molecule is Oc1cc(-c2cn[nH]c2)ccc1-c1ccnnn1. The Morgan fingerprint density at radius 3 is 2.72 bits per heavy atom. The molecule has 0 aliphatic carbocycles. The molecule has 0 fully saturated rings. The highest BCUT2D eigenvalue weighted by Gasteiger charge is 2.08. The van der Waals surface area contributed by atoms with E-state index >= 15 is 0 Å². The zero-order valence-electron chi connectivity index (χ0n) is 9.28. The molecule has 0 saturated carbocycles. The van der Waals surface area contributed by atoms with Crippen molar-refractivity contribution in [1.82, 2.24) is 25.6 Å². The van der Waals surface area contributed by atoms with Gasteiger partial charge in [0.25, 0.3) is 0 Å². The Hall–Kier alpha value is -2.76. The van der Waals surface area contributed by atoms with E-state index in [1.807, 2.05) is 6.07 Å². The van der Waals surface area contributed by atoms with Crippen molar-refractivity contribution in [3.05, 3.63) is 42.9 Å². The van der Waals surface area contributed by atoms with E-state index in [0.29, 0.717) is 11.3 Å². The molecule has 0 atom stereocenters. The molecule has 0 bridgehead atoms. The van der Waals surface area contributed by atoms with Gasteiger partial charge in [0.05, 0.1) is 18.1 Å². The molecule has 0 radical (unpaired) electrons. The van der Waals surface area contributed by atoms with Gasteiger partial charge in [-0.05, 0) is 29.0 Å². The summed E-state index contributed by atoms with van der Waals surface area (Å²) < 4.78 is 0. The van der Waals surface area contributed by atoms with Crippen LogP contribution >= 0.6 is 0 Å². The normalized spacial score (nSPS) is 10.4. The quantitative estimate of drug-likeness (QED) is 0.709. The lowest BCUT2D eigenvalue weighted by Crippen LogP contribution is -1.89. The van der Waals surface area contributed by atoms with Gasteiger partial charge in [-0.1, -0.05) is 6.07 Å². The summed E-state index contributed by atoms with van der Waals surface area (Å²) in [5.41, 5.74) is 3.00. The van der Waals surface area contributed by atoms with Gasteiger partial charge in [0.2, 0.25) is 0 Å². The first kappa shape index (κ1) is 10.4. The summed E-state index contributed by atoms with van der Waals surface area (Å²) in [4.78, 5) is 0. The van der Waals surface area contributed by atoms with Crippen LogP contribution in [-0.2, 0) is 0 Å². The summed E-state index contributed by atoms with van der Waals surface area (Å²) in [5.74, 6) is 0.147. The molecule has 0 aliphatic heterocycles. The van der Waals surface area contributed by atoms with Crippen LogP contribution in [0.25, 0.3) is 22.4 Å². The van der Waals surface area contributed by atoms with Crippen LogP contribution in [0.5, 0.6) is 5.75 Å². The van der Waals surface area contributed by atoms with E-state index in [4.69, 9.17) is 0 Å². The standard InChI is InChI=1S/C12H9N5O/c18-12-5-8(9-6-14-15-7-9)1-2-10(12)11-3-4-13-17-16-11/h1-7,18H,(H,14,15). The third kappa shape index (κ3) is 1.80. The number of hydrogen-bond donors (Lipinski definition) is 2. The lowest BCUT2D eigenvalue weighted by atomic mass is 10.0. The number of H-pyrrole nitrogens is 1. The smallest absolute Gasteiger partial charge is 0.125 e. The maximum Gasteiger partial charge on any atom is 0.125 e. The average molecular weight is 239 g/mol. The number of phenolic OH excluding ortho intramolecular Hbond substituents is 1. The molecule has 18 heavy (non-hydrogen) atoms. The van der Waals surface area contributed by atoms with Crippen LogP contribution in [0.4, 0.5) is 0 Å². The van der Waals surface area contributed by atoms with E-state index in [-0.39, 0.29) is 5.75 Å². The molecule has 2 aromatic heterocycles. The molecule has 2 N–H and O–H groups in total. The molecule has 6 nitrogen and oxygen atoms in total. The minimum absolute atomic E-state index is 0.147. The summed E-state index contributed by atoms with van der Waals surface area (Å²) in [6.07, 6.45) is 4.99. The zero-order chi connectivity index (χ0) is 12.4. The van der Waals surface area contributed by atoms with Gasteiger partial charge in [-0.2, -0.15) is 5.10 Å². The monoisotopic (exact) mass is 239 g/mol. The highest BCUT2D eigenvalue weighted by atomic mass is 16.3. The third-order valence-corrected chi connectivity index (χ3v) is 2.61. The largest absolute Gasteiger partial charge is 0.507 e. The molecule has 0 saturated heterocycles. The topological polar surface area (TPSA) is 87.6 Å². The first-order chi connectivity index (χ1) is 8.84. The van der Waals surface area contributed by atoms with Crippen molar-refractivity contribution < 1.29 is 5.11 Å². The highest BCUT2D eigenvalue weighted by molar-refractivity contribution is 5.73. The fraction of sp³-hybridized carbons (Fsp3) is 0. The molecule has 0 aliphatic rings. The van der Waals surface area contributed by atoms with Gasteiger partial charge in [0.15, 0.2) is 0 Å². The zero-order valence-corrected chi connectivity index (χ0v) is 9.28. The lowest BCUT2D eigenvalue weighted by Gasteiger charge is -2.04. The van der Waals surface area contributed by atoms with Crippen molar-refractivity contribution in [3.63, 3.8) is 0 Å². The molecule has 3 rings (SSSR count). The maximum atomic E-state index is 10.0. The number of aromatic amines is 1. The van der Waals surface area contributed by atoms with Crippen LogP contribution in [0.3, 0.4) is 0 Å². The highest BCUT2D eigenvalue weighted by Crippen LogP contribution is 2.31. The first-order valence-electron chi connectivity index (χ1n) is 5.31. The Labute approximate surface area is 102 Å². The van der Waals surface area contributed by atoms with Crippen molar-refractivity contribution in [2.45, 2.75) is 0 Å². The Morgan fingerprint density at radius 1 is 1.11 bits per heavy atom. The van der Waals surface area contributed by atoms with E-state index < -0.39 is 0 Å². The molecule has 0 amide bonds. The second kappa shape index (κ2) is 4.25. The van der Waals surface area contributed by atoms with Gasteiger partial charge < -0.3 is 5.11 Å². The lowest BCUT2D eigenvalue weighted by molar-refractivity contribution is 0.477. The van der Waals surface area contributed by atoms with E-state index in [2.05, 4.69) is 25.6 Å². The van der Waals surface area contributed by atoms with Gasteiger partial charge in [0.1, 0.15) is 5.75 Å². The number of nitrogens with one attached hydrogen (secondary N) is 1. The van der Waals surface area contributed by atoms with Crippen molar-refractivity contribution in [3.8, 4) is 28.1 Å². The summed E-state index contributed by atoms with van der Waals surface area (Å²) in [6, 6.07) is 7.05. The third-order valence-electron chi connectivity index (χ3n) is 2.61. The van der Waals surface area contributed by atoms with Gasteiger partial charge in [-0.25, -0.2) is 0 Å². The van der Waals surface area contributed by atoms with Gasteiger partial charge in [-0.15, -0.1) is 10.2 Å². The van der Waals surface area contributed by atoms with Crippen LogP contribution in [-0.4, -0.2) is 30.7 Å². The van der Waals surface area contributed by atoms with Gasteiger partial charge >= 0.3 is 0 Å². The number of phenols is 1. The van der Waals surface area contributed by atoms with Crippen molar-refractivity contribution >= 4 is 0 Å². The molecule has 2 heterocycles. The fourth-order valence-corrected chi connectivity index (χ4v) is 1.72. The molecular formula is C12H9N5O. The number of nitrogens with zero attached hydrogens (tertiary/aromatic N) is 4. The summed E-state index contributed by atoms with van der Waals surface area (Å²) in [5, 5.41) is 27.6. The minimum Gasteiger partial charge on any atom is -0.507 e. The summed E-state index contributed by atoms with van der Waals surface area (Å²) in [6.45, 7) is 0. The molecule has 0 spiro atoms. The van der Waals surface area contributed by atoms with Crippen molar-refractivity contribution in [2.75, 3.05) is 0 Å². The van der Waals surface area contributed by atoms with Crippen molar-refractivity contribution in [2.24, 2.45) is 0 Å². The van der Waals surface area contributed by atoms with Crippen LogP contribution in [0.1, 0.15) is 0 Å². The van der Waals surface area contributed by atoms with E-state index in [1.54, 1.807) is 30.6 Å². The fourth-order valence-electron chi connectivity index (χ4n) is 1.72. The minimum atomic E-state index is 0.147.